The van der Waals surface area contributed by atoms with Crippen LogP contribution in [0.15, 0.2) is 42.5 Å². The Bertz CT molecular complexity index is 949. The lowest BCUT2D eigenvalue weighted by Gasteiger charge is -2.28. The zero-order chi connectivity index (χ0) is 20.9. The van der Waals surface area contributed by atoms with Gasteiger partial charge in [0.25, 0.3) is 0 Å². The van der Waals surface area contributed by atoms with Crippen molar-refractivity contribution in [3.8, 4) is 11.5 Å². The summed E-state index contributed by atoms with van der Waals surface area (Å²) in [5.41, 5.74) is 0.767. The van der Waals surface area contributed by atoms with E-state index in [1.165, 1.54) is 26.2 Å². The highest BCUT2D eigenvalue weighted by molar-refractivity contribution is 7.92. The SMILES string of the molecule is CCOc1cccc(NC(=O)[C@@H](C)N(c2ccc(OC)c(Cl)c2)S(C)(=O)=O)c1. The van der Waals surface area contributed by atoms with E-state index in [1.54, 1.807) is 30.3 Å². The van der Waals surface area contributed by atoms with E-state index in [0.29, 0.717) is 23.8 Å². The monoisotopic (exact) mass is 426 g/mol. The summed E-state index contributed by atoms with van der Waals surface area (Å²) in [7, 11) is -2.30. The molecule has 2 aromatic carbocycles. The zero-order valence-corrected chi connectivity index (χ0v) is 17.7. The summed E-state index contributed by atoms with van der Waals surface area (Å²) in [5.74, 6) is 0.518. The first-order valence-electron chi connectivity index (χ1n) is 8.54. The molecule has 0 bridgehead atoms. The van der Waals surface area contributed by atoms with E-state index < -0.39 is 22.0 Å². The second-order valence-corrected chi connectivity index (χ2v) is 8.27. The summed E-state index contributed by atoms with van der Waals surface area (Å²) in [6, 6.07) is 10.4. The van der Waals surface area contributed by atoms with E-state index in [4.69, 9.17) is 21.1 Å². The van der Waals surface area contributed by atoms with Crippen LogP contribution in [0.1, 0.15) is 13.8 Å². The number of carbonyl (C=O) groups is 1. The second kappa shape index (κ2) is 9.16. The Morgan fingerprint density at radius 3 is 2.54 bits per heavy atom. The maximum atomic E-state index is 12.7. The second-order valence-electron chi connectivity index (χ2n) is 6.00. The number of halogens is 1. The van der Waals surface area contributed by atoms with Crippen molar-refractivity contribution in [3.05, 3.63) is 47.5 Å². The average molecular weight is 427 g/mol. The fourth-order valence-electron chi connectivity index (χ4n) is 2.68. The minimum atomic E-state index is -3.76. The normalized spacial score (nSPS) is 12.2. The van der Waals surface area contributed by atoms with Crippen LogP contribution < -0.4 is 19.1 Å². The summed E-state index contributed by atoms with van der Waals surface area (Å²) in [6.07, 6.45) is 1.03. The van der Waals surface area contributed by atoms with E-state index in [1.807, 2.05) is 6.92 Å². The molecule has 0 radical (unpaired) electrons. The smallest absolute Gasteiger partial charge is 0.247 e. The van der Waals surface area contributed by atoms with Gasteiger partial charge in [-0.15, -0.1) is 0 Å². The molecule has 0 unspecified atom stereocenters. The van der Waals surface area contributed by atoms with Gasteiger partial charge in [-0.25, -0.2) is 8.42 Å². The molecule has 2 rings (SSSR count). The third-order valence-corrected chi connectivity index (χ3v) is 5.43. The molecule has 0 aliphatic rings. The molecule has 1 amide bonds. The van der Waals surface area contributed by atoms with E-state index >= 15 is 0 Å². The molecule has 9 heteroatoms. The van der Waals surface area contributed by atoms with E-state index in [0.717, 1.165) is 10.6 Å². The Morgan fingerprint density at radius 2 is 1.96 bits per heavy atom. The quantitative estimate of drug-likeness (QED) is 0.697. The Hall–Kier alpha value is -2.45. The van der Waals surface area contributed by atoms with Crippen LogP contribution >= 0.6 is 11.6 Å². The number of carbonyl (C=O) groups excluding carboxylic acids is 1. The largest absolute Gasteiger partial charge is 0.495 e. The van der Waals surface area contributed by atoms with Gasteiger partial charge in [0.2, 0.25) is 15.9 Å². The Balaban J connectivity index is 2.30. The summed E-state index contributed by atoms with van der Waals surface area (Å²) >= 11 is 6.12. The summed E-state index contributed by atoms with van der Waals surface area (Å²) < 4.78 is 36.3. The van der Waals surface area contributed by atoms with Crippen molar-refractivity contribution < 1.29 is 22.7 Å². The molecule has 0 aliphatic carbocycles. The summed E-state index contributed by atoms with van der Waals surface area (Å²) in [6.45, 7) is 3.85. The number of sulfonamides is 1. The molecule has 0 heterocycles. The van der Waals surface area contributed by atoms with Gasteiger partial charge in [0.05, 0.1) is 30.7 Å². The highest BCUT2D eigenvalue weighted by atomic mass is 35.5. The van der Waals surface area contributed by atoms with Crippen molar-refractivity contribution in [2.45, 2.75) is 19.9 Å². The van der Waals surface area contributed by atoms with Gasteiger partial charge >= 0.3 is 0 Å². The van der Waals surface area contributed by atoms with Crippen molar-refractivity contribution in [1.82, 2.24) is 0 Å². The molecule has 2 aromatic rings. The highest BCUT2D eigenvalue weighted by Gasteiger charge is 2.29. The van der Waals surface area contributed by atoms with Gasteiger partial charge in [0.1, 0.15) is 17.5 Å². The third-order valence-electron chi connectivity index (χ3n) is 3.89. The number of rotatable bonds is 8. The molecule has 152 valence electrons. The van der Waals surface area contributed by atoms with Gasteiger partial charge in [-0.3, -0.25) is 9.10 Å². The van der Waals surface area contributed by atoms with Gasteiger partial charge in [0.15, 0.2) is 0 Å². The lowest BCUT2D eigenvalue weighted by molar-refractivity contribution is -0.116. The van der Waals surface area contributed by atoms with Crippen LogP contribution in [0.25, 0.3) is 0 Å². The molecule has 0 saturated heterocycles. The van der Waals surface area contributed by atoms with Crippen LogP contribution in [-0.2, 0) is 14.8 Å². The summed E-state index contributed by atoms with van der Waals surface area (Å²) in [5, 5.41) is 2.96. The van der Waals surface area contributed by atoms with E-state index in [-0.39, 0.29) is 10.7 Å². The van der Waals surface area contributed by atoms with Crippen molar-refractivity contribution in [2.24, 2.45) is 0 Å². The molecule has 1 N–H and O–H groups in total. The molecule has 0 aromatic heterocycles. The number of hydrogen-bond donors (Lipinski definition) is 1. The van der Waals surface area contributed by atoms with Crippen LogP contribution in [0.3, 0.4) is 0 Å². The van der Waals surface area contributed by atoms with Crippen molar-refractivity contribution in [3.63, 3.8) is 0 Å². The number of ether oxygens (including phenoxy) is 2. The van der Waals surface area contributed by atoms with Crippen LogP contribution in [0.4, 0.5) is 11.4 Å². The number of nitrogens with one attached hydrogen (secondary N) is 1. The number of nitrogens with zero attached hydrogens (tertiary/aromatic N) is 1. The van der Waals surface area contributed by atoms with E-state index in [9.17, 15) is 13.2 Å². The standard InChI is InChI=1S/C19H23ClN2O5S/c1-5-27-16-8-6-7-14(11-16)21-19(23)13(2)22(28(4,24)25)15-9-10-18(26-3)17(20)12-15/h6-13H,5H2,1-4H3,(H,21,23)/t13-/m1/s1. The predicted molar refractivity (Wildman–Crippen MR) is 111 cm³/mol. The van der Waals surface area contributed by atoms with Crippen molar-refractivity contribution in [2.75, 3.05) is 29.6 Å². The Labute approximate surface area is 170 Å². The lowest BCUT2D eigenvalue weighted by Crippen LogP contribution is -2.45. The zero-order valence-electron chi connectivity index (χ0n) is 16.1. The fourth-order valence-corrected chi connectivity index (χ4v) is 4.10. The average Bonchev–Trinajstić information content (AvgIpc) is 2.61. The highest BCUT2D eigenvalue weighted by Crippen LogP contribution is 2.31. The van der Waals surface area contributed by atoms with Gasteiger partial charge in [-0.05, 0) is 44.2 Å². The molecule has 0 saturated carbocycles. The van der Waals surface area contributed by atoms with Crippen LogP contribution in [0.5, 0.6) is 11.5 Å². The van der Waals surface area contributed by atoms with Gasteiger partial charge < -0.3 is 14.8 Å². The number of anilines is 2. The number of benzene rings is 2. The molecular formula is C19H23ClN2O5S. The topological polar surface area (TPSA) is 84.9 Å². The first-order chi connectivity index (χ1) is 13.2. The molecule has 0 aliphatic heterocycles. The molecule has 0 spiro atoms. The molecular weight excluding hydrogens is 404 g/mol. The molecule has 0 fully saturated rings. The fraction of sp³-hybridized carbons (Fsp3) is 0.316. The Morgan fingerprint density at radius 1 is 1.25 bits per heavy atom. The van der Waals surface area contributed by atoms with Gasteiger partial charge in [-0.1, -0.05) is 17.7 Å². The lowest BCUT2D eigenvalue weighted by atomic mass is 10.2. The van der Waals surface area contributed by atoms with Crippen LogP contribution in [0.2, 0.25) is 5.02 Å². The number of hydrogen-bond acceptors (Lipinski definition) is 5. The molecule has 1 atom stereocenters. The number of amides is 1. The molecule has 7 nitrogen and oxygen atoms in total. The first-order valence-corrected chi connectivity index (χ1v) is 10.8. The van der Waals surface area contributed by atoms with Crippen LogP contribution in [0, 0.1) is 0 Å². The predicted octanol–water partition coefficient (Wildman–Crippen LogP) is 3.54. The van der Waals surface area contributed by atoms with Gasteiger partial charge in [-0.2, -0.15) is 0 Å². The maximum absolute atomic E-state index is 12.7. The third kappa shape index (κ3) is 5.30. The molecule has 28 heavy (non-hydrogen) atoms. The van der Waals surface area contributed by atoms with E-state index in [2.05, 4.69) is 5.32 Å². The Kier molecular flexibility index (Phi) is 7.15. The minimum absolute atomic E-state index is 0.241. The minimum Gasteiger partial charge on any atom is -0.495 e. The van der Waals surface area contributed by atoms with Gasteiger partial charge in [0, 0.05) is 11.8 Å². The maximum Gasteiger partial charge on any atom is 0.247 e. The van der Waals surface area contributed by atoms with Crippen molar-refractivity contribution in [1.29, 1.82) is 0 Å². The van der Waals surface area contributed by atoms with Crippen LogP contribution in [-0.4, -0.2) is 40.3 Å². The number of methoxy groups -OCH3 is 1. The van der Waals surface area contributed by atoms with Crippen molar-refractivity contribution >= 4 is 38.9 Å². The summed E-state index contributed by atoms with van der Waals surface area (Å²) in [4.78, 5) is 12.7. The first kappa shape index (κ1) is 21.8.